The second-order valence-electron chi connectivity index (χ2n) is 9.68. The summed E-state index contributed by atoms with van der Waals surface area (Å²) in [6.07, 6.45) is 3.62. The average Bonchev–Trinajstić information content (AvgIpc) is 3.11. The van der Waals surface area contributed by atoms with Gasteiger partial charge in [-0.3, -0.25) is 9.59 Å². The van der Waals surface area contributed by atoms with Gasteiger partial charge in [-0.2, -0.15) is 0 Å². The van der Waals surface area contributed by atoms with Crippen LogP contribution in [-0.2, 0) is 17.6 Å². The second kappa shape index (κ2) is 8.71. The molecular formula is C25H31FN4O3. The molecule has 1 fully saturated rings. The Hall–Kier alpha value is -3.05. The molecule has 2 atom stereocenters. The lowest BCUT2D eigenvalue weighted by Gasteiger charge is -2.36. The molecule has 2 amide bonds. The zero-order valence-electron chi connectivity index (χ0n) is 19.3. The van der Waals surface area contributed by atoms with Crippen molar-refractivity contribution < 1.29 is 19.1 Å². The molecule has 8 heteroatoms. The standard InChI is InChI=1S/C25H31FN4O3/c1-4-6-20(31)28-15-7-5-10-30(13-15)23-18(26)12-17(24(27)32)22-21(23)16-9-8-14(25(2,3)33)11-19(16)29-22/h12,14-15,29,33H,5,7-11,13H2,1-3H3,(H2,27,32)(H,28,31)/t14?,15-/m1/s1. The molecule has 2 aromatic rings. The van der Waals surface area contributed by atoms with Crippen LogP contribution in [0.15, 0.2) is 6.07 Å². The molecule has 33 heavy (non-hydrogen) atoms. The van der Waals surface area contributed by atoms with Crippen LogP contribution in [0.5, 0.6) is 0 Å². The Balaban J connectivity index is 1.79. The highest BCUT2D eigenvalue weighted by molar-refractivity contribution is 6.10. The lowest BCUT2D eigenvalue weighted by atomic mass is 9.78. The van der Waals surface area contributed by atoms with Crippen LogP contribution in [0.2, 0.25) is 0 Å². The highest BCUT2D eigenvalue weighted by Gasteiger charge is 2.35. The lowest BCUT2D eigenvalue weighted by Crippen LogP contribution is -2.48. The first kappa shape index (κ1) is 23.1. The Morgan fingerprint density at radius 3 is 2.79 bits per heavy atom. The summed E-state index contributed by atoms with van der Waals surface area (Å²) in [5.41, 5.74) is 7.76. The quantitative estimate of drug-likeness (QED) is 0.532. The largest absolute Gasteiger partial charge is 0.390 e. The van der Waals surface area contributed by atoms with Crippen LogP contribution < -0.4 is 16.0 Å². The normalized spacial score (nSPS) is 20.7. The van der Waals surface area contributed by atoms with E-state index in [0.29, 0.717) is 42.5 Å². The number of fused-ring (bicyclic) bond motifs is 3. The summed E-state index contributed by atoms with van der Waals surface area (Å²) in [4.78, 5) is 29.4. The summed E-state index contributed by atoms with van der Waals surface area (Å²) < 4.78 is 15.5. The smallest absolute Gasteiger partial charge is 0.296 e. The van der Waals surface area contributed by atoms with Crippen LogP contribution in [0, 0.1) is 23.6 Å². The molecule has 0 saturated carbocycles. The van der Waals surface area contributed by atoms with E-state index in [0.717, 1.165) is 30.5 Å². The Morgan fingerprint density at radius 2 is 2.12 bits per heavy atom. The van der Waals surface area contributed by atoms with Crippen LogP contribution in [0.1, 0.15) is 61.6 Å². The molecule has 4 rings (SSSR count). The van der Waals surface area contributed by atoms with Gasteiger partial charge in [0, 0.05) is 30.2 Å². The van der Waals surface area contributed by atoms with Gasteiger partial charge in [-0.25, -0.2) is 4.39 Å². The molecule has 1 saturated heterocycles. The minimum Gasteiger partial charge on any atom is -0.390 e. The highest BCUT2D eigenvalue weighted by atomic mass is 19.1. The lowest BCUT2D eigenvalue weighted by molar-refractivity contribution is -0.116. The maximum atomic E-state index is 15.5. The third kappa shape index (κ3) is 4.42. The predicted octanol–water partition coefficient (Wildman–Crippen LogP) is 2.39. The molecule has 7 nitrogen and oxygen atoms in total. The average molecular weight is 455 g/mol. The minimum absolute atomic E-state index is 0.0534. The van der Waals surface area contributed by atoms with E-state index in [1.165, 1.54) is 6.07 Å². The fraction of sp³-hybridized carbons (Fsp3) is 0.520. The Kier molecular flexibility index (Phi) is 6.10. The number of hydrogen-bond acceptors (Lipinski definition) is 4. The van der Waals surface area contributed by atoms with E-state index >= 15 is 4.39 Å². The van der Waals surface area contributed by atoms with E-state index in [1.54, 1.807) is 20.8 Å². The number of aliphatic hydroxyl groups is 1. The van der Waals surface area contributed by atoms with Gasteiger partial charge in [0.2, 0.25) is 0 Å². The number of aromatic nitrogens is 1. The Morgan fingerprint density at radius 1 is 1.36 bits per heavy atom. The number of anilines is 1. The van der Waals surface area contributed by atoms with Crippen molar-refractivity contribution in [2.24, 2.45) is 11.7 Å². The first-order valence-electron chi connectivity index (χ1n) is 11.5. The number of nitrogens with one attached hydrogen (secondary N) is 2. The number of H-pyrrole nitrogens is 1. The second-order valence-corrected chi connectivity index (χ2v) is 9.68. The van der Waals surface area contributed by atoms with E-state index in [-0.39, 0.29) is 23.4 Å². The van der Waals surface area contributed by atoms with E-state index in [2.05, 4.69) is 22.1 Å². The molecule has 0 bridgehead atoms. The van der Waals surface area contributed by atoms with E-state index < -0.39 is 17.3 Å². The molecule has 1 aliphatic heterocycles. The fourth-order valence-corrected chi connectivity index (χ4v) is 5.30. The number of nitrogens with two attached hydrogens (primary N) is 1. The zero-order chi connectivity index (χ0) is 23.9. The van der Waals surface area contributed by atoms with E-state index in [9.17, 15) is 14.7 Å². The SMILES string of the molecule is CC#CC(=O)N[C@@H]1CCCN(c2c(F)cc(C(N)=O)c3[nH]c4c(c23)CCC(C(C)(C)O)C4)C1. The Labute approximate surface area is 192 Å². The number of piperidine rings is 1. The summed E-state index contributed by atoms with van der Waals surface area (Å²) in [6.45, 7) is 6.30. The molecule has 0 radical (unpaired) electrons. The van der Waals surface area contributed by atoms with Gasteiger partial charge in [-0.1, -0.05) is 5.92 Å². The van der Waals surface area contributed by atoms with Gasteiger partial charge >= 0.3 is 0 Å². The van der Waals surface area contributed by atoms with Crippen LogP contribution in [0.25, 0.3) is 10.9 Å². The van der Waals surface area contributed by atoms with Crippen molar-refractivity contribution in [3.8, 4) is 11.8 Å². The monoisotopic (exact) mass is 454 g/mol. The number of benzene rings is 1. The number of hydrogen-bond donors (Lipinski definition) is 4. The predicted molar refractivity (Wildman–Crippen MR) is 125 cm³/mol. The summed E-state index contributed by atoms with van der Waals surface area (Å²) in [5, 5.41) is 14.1. The van der Waals surface area contributed by atoms with Crippen molar-refractivity contribution >= 4 is 28.4 Å². The third-order valence-corrected chi connectivity index (χ3v) is 6.96. The fourth-order valence-electron chi connectivity index (χ4n) is 5.30. The molecule has 2 heterocycles. The number of primary amides is 1. The number of carbonyl (C=O) groups is 2. The van der Waals surface area contributed by atoms with Gasteiger partial charge in [0.05, 0.1) is 22.4 Å². The molecule has 2 aliphatic rings. The Bertz CT molecular complexity index is 1170. The van der Waals surface area contributed by atoms with Crippen LogP contribution in [0.4, 0.5) is 10.1 Å². The highest BCUT2D eigenvalue weighted by Crippen LogP contribution is 2.42. The zero-order valence-corrected chi connectivity index (χ0v) is 19.3. The summed E-state index contributed by atoms with van der Waals surface area (Å²) in [5.74, 6) is 3.61. The number of amides is 2. The first-order valence-corrected chi connectivity index (χ1v) is 11.5. The maximum Gasteiger partial charge on any atom is 0.296 e. The van der Waals surface area contributed by atoms with Crippen molar-refractivity contribution in [3.05, 3.63) is 28.7 Å². The molecule has 1 aliphatic carbocycles. The van der Waals surface area contributed by atoms with Gasteiger partial charge in [-0.15, -0.1) is 0 Å². The van der Waals surface area contributed by atoms with Gasteiger partial charge < -0.3 is 26.0 Å². The van der Waals surface area contributed by atoms with Crippen LogP contribution in [-0.4, -0.2) is 46.6 Å². The minimum atomic E-state index is -0.838. The molecule has 1 aromatic heterocycles. The molecule has 1 aromatic carbocycles. The van der Waals surface area contributed by atoms with Crippen LogP contribution in [0.3, 0.4) is 0 Å². The van der Waals surface area contributed by atoms with Gasteiger partial charge in [0.15, 0.2) is 0 Å². The number of rotatable bonds is 4. The molecular weight excluding hydrogens is 423 g/mol. The van der Waals surface area contributed by atoms with E-state index in [1.807, 2.05) is 4.90 Å². The van der Waals surface area contributed by atoms with Crippen molar-refractivity contribution in [1.82, 2.24) is 10.3 Å². The summed E-state index contributed by atoms with van der Waals surface area (Å²) in [7, 11) is 0. The van der Waals surface area contributed by atoms with E-state index in [4.69, 9.17) is 5.73 Å². The maximum absolute atomic E-state index is 15.5. The molecule has 1 unspecified atom stereocenters. The van der Waals surface area contributed by atoms with Gasteiger partial charge in [0.25, 0.3) is 11.8 Å². The van der Waals surface area contributed by atoms with Crippen molar-refractivity contribution in [1.29, 1.82) is 0 Å². The van der Waals surface area contributed by atoms with Gasteiger partial charge in [0.1, 0.15) is 5.82 Å². The molecule has 5 N–H and O–H groups in total. The summed E-state index contributed by atoms with van der Waals surface area (Å²) in [6, 6.07) is 1.06. The summed E-state index contributed by atoms with van der Waals surface area (Å²) >= 11 is 0. The first-order chi connectivity index (χ1) is 15.6. The number of aromatic amines is 1. The number of aryl methyl sites for hydroxylation is 1. The van der Waals surface area contributed by atoms with Crippen molar-refractivity contribution in [2.45, 2.75) is 64.5 Å². The van der Waals surface area contributed by atoms with Crippen molar-refractivity contribution in [2.75, 3.05) is 18.0 Å². The number of halogens is 1. The van der Waals surface area contributed by atoms with Crippen LogP contribution >= 0.6 is 0 Å². The van der Waals surface area contributed by atoms with Crippen molar-refractivity contribution in [3.63, 3.8) is 0 Å². The third-order valence-electron chi connectivity index (χ3n) is 6.96. The molecule has 176 valence electrons. The number of nitrogens with zero attached hydrogens (tertiary/aromatic N) is 1. The number of carbonyl (C=O) groups excluding carboxylic acids is 2. The van der Waals surface area contributed by atoms with Gasteiger partial charge in [-0.05, 0) is 76.3 Å². The molecule has 0 spiro atoms. The topological polar surface area (TPSA) is 111 Å².